The summed E-state index contributed by atoms with van der Waals surface area (Å²) in [4.78, 5) is 14.4. The Morgan fingerprint density at radius 1 is 1.08 bits per heavy atom. The van der Waals surface area contributed by atoms with Gasteiger partial charge in [-0.1, -0.05) is 20.8 Å². The SMILES string of the molecule is CC(CN)C1CCC2C3CC[C@H]4N(C)C(=O)CCC4(C)C3CCC12C. The number of carbonyl (C=O) groups excluding carboxylic acids is 1. The molecule has 0 bridgehead atoms. The first-order chi connectivity index (χ1) is 11.8. The highest BCUT2D eigenvalue weighted by atomic mass is 16.2. The minimum atomic E-state index is 0.352. The van der Waals surface area contributed by atoms with Crippen molar-refractivity contribution in [2.24, 2.45) is 46.2 Å². The number of nitrogens with two attached hydrogens (primary N) is 1. The Kier molecular flexibility index (Phi) is 4.26. The summed E-state index contributed by atoms with van der Waals surface area (Å²) in [6.07, 6.45) is 10.0. The molecule has 25 heavy (non-hydrogen) atoms. The molecular formula is C22H38N2O. The van der Waals surface area contributed by atoms with Crippen molar-refractivity contribution in [2.45, 2.75) is 78.2 Å². The number of nitrogens with zero attached hydrogens (tertiary/aromatic N) is 1. The van der Waals surface area contributed by atoms with Gasteiger partial charge in [0, 0.05) is 19.5 Å². The number of likely N-dealkylation sites (tertiary alicyclic amines) is 1. The van der Waals surface area contributed by atoms with E-state index in [-0.39, 0.29) is 0 Å². The number of hydrogen-bond donors (Lipinski definition) is 1. The Balaban J connectivity index is 1.61. The van der Waals surface area contributed by atoms with E-state index >= 15 is 0 Å². The summed E-state index contributed by atoms with van der Waals surface area (Å²) in [6, 6.07) is 0.486. The van der Waals surface area contributed by atoms with E-state index in [1.54, 1.807) is 0 Å². The Morgan fingerprint density at radius 3 is 2.52 bits per heavy atom. The zero-order chi connectivity index (χ0) is 18.0. The molecule has 0 spiro atoms. The number of carbonyl (C=O) groups is 1. The Hall–Kier alpha value is -0.570. The fourth-order valence-corrected chi connectivity index (χ4v) is 8.29. The van der Waals surface area contributed by atoms with Crippen molar-refractivity contribution in [1.82, 2.24) is 4.90 Å². The van der Waals surface area contributed by atoms with Crippen molar-refractivity contribution in [3.8, 4) is 0 Å². The van der Waals surface area contributed by atoms with Gasteiger partial charge < -0.3 is 10.6 Å². The van der Waals surface area contributed by atoms with Crippen molar-refractivity contribution >= 4 is 5.91 Å². The van der Waals surface area contributed by atoms with E-state index in [0.29, 0.717) is 28.7 Å². The third kappa shape index (κ3) is 2.37. The minimum absolute atomic E-state index is 0.352. The summed E-state index contributed by atoms with van der Waals surface area (Å²) in [7, 11) is 2.06. The maximum Gasteiger partial charge on any atom is 0.222 e. The first-order valence-corrected chi connectivity index (χ1v) is 10.8. The molecule has 1 saturated heterocycles. The summed E-state index contributed by atoms with van der Waals surface area (Å²) in [6.45, 7) is 8.34. The highest BCUT2D eigenvalue weighted by molar-refractivity contribution is 5.77. The van der Waals surface area contributed by atoms with Crippen LogP contribution in [-0.2, 0) is 4.79 Å². The van der Waals surface area contributed by atoms with Gasteiger partial charge in [0.25, 0.3) is 0 Å². The monoisotopic (exact) mass is 346 g/mol. The van der Waals surface area contributed by atoms with E-state index in [1.165, 1.54) is 38.5 Å². The molecule has 8 atom stereocenters. The van der Waals surface area contributed by atoms with Crippen molar-refractivity contribution < 1.29 is 4.79 Å². The molecule has 1 heterocycles. The number of rotatable bonds is 2. The van der Waals surface area contributed by atoms with Gasteiger partial charge in [0.15, 0.2) is 0 Å². The summed E-state index contributed by atoms with van der Waals surface area (Å²) in [5.41, 5.74) is 6.93. The first kappa shape index (κ1) is 17.8. The molecule has 3 aliphatic carbocycles. The molecular weight excluding hydrogens is 308 g/mol. The van der Waals surface area contributed by atoms with Gasteiger partial charge in [-0.15, -0.1) is 0 Å². The molecule has 2 N–H and O–H groups in total. The van der Waals surface area contributed by atoms with Gasteiger partial charge >= 0.3 is 0 Å². The van der Waals surface area contributed by atoms with Crippen LogP contribution in [0.25, 0.3) is 0 Å². The number of hydrogen-bond acceptors (Lipinski definition) is 2. The predicted molar refractivity (Wildman–Crippen MR) is 102 cm³/mol. The van der Waals surface area contributed by atoms with Gasteiger partial charge in [0.1, 0.15) is 0 Å². The van der Waals surface area contributed by atoms with Gasteiger partial charge in [-0.25, -0.2) is 0 Å². The largest absolute Gasteiger partial charge is 0.342 e. The van der Waals surface area contributed by atoms with Gasteiger partial charge in [-0.3, -0.25) is 4.79 Å². The van der Waals surface area contributed by atoms with Crippen molar-refractivity contribution in [3.63, 3.8) is 0 Å². The quantitative estimate of drug-likeness (QED) is 0.819. The molecule has 4 rings (SSSR count). The van der Waals surface area contributed by atoms with E-state index in [1.807, 2.05) is 0 Å². The molecule has 4 fully saturated rings. The van der Waals surface area contributed by atoms with E-state index in [4.69, 9.17) is 5.73 Å². The maximum atomic E-state index is 12.2. The predicted octanol–water partition coefficient (Wildman–Crippen LogP) is 4.06. The smallest absolute Gasteiger partial charge is 0.222 e. The van der Waals surface area contributed by atoms with Crippen LogP contribution in [0, 0.1) is 40.4 Å². The molecule has 3 heteroatoms. The van der Waals surface area contributed by atoms with E-state index in [2.05, 4.69) is 32.7 Å². The fraction of sp³-hybridized carbons (Fsp3) is 0.955. The third-order valence-electron chi connectivity index (χ3n) is 9.69. The summed E-state index contributed by atoms with van der Waals surface area (Å²) >= 11 is 0. The molecule has 1 amide bonds. The second-order valence-electron chi connectivity index (χ2n) is 10.4. The average Bonchev–Trinajstić information content (AvgIpc) is 2.95. The van der Waals surface area contributed by atoms with Crippen LogP contribution in [-0.4, -0.2) is 30.4 Å². The molecule has 142 valence electrons. The lowest BCUT2D eigenvalue weighted by molar-refractivity contribution is -0.158. The zero-order valence-corrected chi connectivity index (χ0v) is 16.8. The lowest BCUT2D eigenvalue weighted by atomic mass is 9.46. The number of piperidine rings is 1. The molecule has 3 saturated carbocycles. The summed E-state index contributed by atoms with van der Waals surface area (Å²) in [5, 5.41) is 0. The molecule has 0 aromatic rings. The van der Waals surface area contributed by atoms with Crippen LogP contribution in [0.4, 0.5) is 0 Å². The molecule has 7 unspecified atom stereocenters. The van der Waals surface area contributed by atoms with Crippen LogP contribution in [0.5, 0.6) is 0 Å². The van der Waals surface area contributed by atoms with E-state index in [9.17, 15) is 4.79 Å². The molecule has 0 radical (unpaired) electrons. The number of amides is 1. The van der Waals surface area contributed by atoms with Crippen LogP contribution in [0.2, 0.25) is 0 Å². The van der Waals surface area contributed by atoms with Gasteiger partial charge in [-0.2, -0.15) is 0 Å². The number of fused-ring (bicyclic) bond motifs is 5. The Morgan fingerprint density at radius 2 is 1.80 bits per heavy atom. The standard InChI is InChI=1S/C22H38N2O/c1-14(13-23)16-6-7-17-15-5-8-19-22(3,12-10-20(25)24(19)4)18(15)9-11-21(16,17)2/h14-19H,5-13,23H2,1-4H3/t14?,15?,16?,17?,18?,19-,21?,22?/m1/s1. The van der Waals surface area contributed by atoms with Crippen LogP contribution in [0.3, 0.4) is 0 Å². The molecule has 1 aliphatic heterocycles. The van der Waals surface area contributed by atoms with E-state index in [0.717, 1.165) is 43.1 Å². The second-order valence-corrected chi connectivity index (χ2v) is 10.4. The van der Waals surface area contributed by atoms with Crippen molar-refractivity contribution in [2.75, 3.05) is 13.6 Å². The lowest BCUT2D eigenvalue weighted by Crippen LogP contribution is -2.61. The van der Waals surface area contributed by atoms with Crippen LogP contribution >= 0.6 is 0 Å². The van der Waals surface area contributed by atoms with Crippen LogP contribution < -0.4 is 5.73 Å². The highest BCUT2D eigenvalue weighted by Gasteiger charge is 2.61. The minimum Gasteiger partial charge on any atom is -0.342 e. The summed E-state index contributed by atoms with van der Waals surface area (Å²) in [5.74, 6) is 4.47. The third-order valence-corrected chi connectivity index (χ3v) is 9.69. The molecule has 4 aliphatic rings. The van der Waals surface area contributed by atoms with Crippen molar-refractivity contribution in [3.05, 3.63) is 0 Å². The first-order valence-electron chi connectivity index (χ1n) is 10.8. The van der Waals surface area contributed by atoms with Gasteiger partial charge in [0.05, 0.1) is 0 Å². The molecule has 0 aromatic carbocycles. The van der Waals surface area contributed by atoms with Gasteiger partial charge in [0.2, 0.25) is 5.91 Å². The van der Waals surface area contributed by atoms with Crippen molar-refractivity contribution in [1.29, 1.82) is 0 Å². The normalized spacial score (nSPS) is 50.8. The van der Waals surface area contributed by atoms with Gasteiger partial charge in [-0.05, 0) is 91.9 Å². The summed E-state index contributed by atoms with van der Waals surface area (Å²) < 4.78 is 0. The Labute approximate surface area is 154 Å². The lowest BCUT2D eigenvalue weighted by Gasteiger charge is -2.62. The topological polar surface area (TPSA) is 46.3 Å². The van der Waals surface area contributed by atoms with Crippen LogP contribution in [0.1, 0.15) is 72.1 Å². The maximum absolute atomic E-state index is 12.2. The highest BCUT2D eigenvalue weighted by Crippen LogP contribution is 2.66. The van der Waals surface area contributed by atoms with Crippen LogP contribution in [0.15, 0.2) is 0 Å². The second kappa shape index (κ2) is 5.97. The Bertz CT molecular complexity index is 548. The molecule has 3 nitrogen and oxygen atoms in total. The molecule has 0 aromatic heterocycles. The average molecular weight is 347 g/mol. The zero-order valence-electron chi connectivity index (χ0n) is 16.8. The fourth-order valence-electron chi connectivity index (χ4n) is 8.29. The van der Waals surface area contributed by atoms with E-state index < -0.39 is 0 Å².